The average Bonchev–Trinajstić information content (AvgIpc) is 3.40. The molecule has 3 rings (SSSR count). The Morgan fingerprint density at radius 3 is 1.41 bits per heavy atom. The fraction of sp³-hybridized carbons (Fsp3) is 0.836. The molecule has 0 aliphatic carbocycles. The summed E-state index contributed by atoms with van der Waals surface area (Å²) in [4.78, 5) is 13.2. The molecule has 17 unspecified atom stereocenters. The first-order valence-corrected chi connectivity index (χ1v) is 27.9. The fourth-order valence-corrected chi connectivity index (χ4v) is 9.16. The smallest absolute Gasteiger partial charge is 0.220 e. The Morgan fingerprint density at radius 2 is 0.892 bits per heavy atom. The molecule has 12 N–H and O–H groups in total. The second-order valence-electron chi connectivity index (χ2n) is 20.0. The fourth-order valence-electron chi connectivity index (χ4n) is 9.16. The van der Waals surface area contributed by atoms with Gasteiger partial charge in [0.05, 0.1) is 38.6 Å². The van der Waals surface area contributed by atoms with Crippen LogP contribution in [0.15, 0.2) is 48.6 Å². The molecular weight excluding hydrogens is 963 g/mol. The van der Waals surface area contributed by atoms with Crippen molar-refractivity contribution in [3.05, 3.63) is 48.6 Å². The van der Waals surface area contributed by atoms with Gasteiger partial charge in [-0.15, -0.1) is 0 Å². The number of unbranched alkanes of at least 4 members (excludes halogenated alkanes) is 17. The van der Waals surface area contributed by atoms with Gasteiger partial charge in [0.25, 0.3) is 0 Å². The topological polar surface area (TPSA) is 307 Å². The Hall–Kier alpha value is -2.25. The Labute approximate surface area is 440 Å². The number of carbonyl (C=O) groups is 1. The quantitative estimate of drug-likeness (QED) is 0.0310. The SMILES string of the molecule is CCC/C=C\CCCCCCCC(=O)NC(COC1OC(CO)C(OC2OC(CO)C(OC3OC(CO)C(O)C(O)C3O)C(O)C2O)C(O)C1O)C(O)/C=C/CC/C=C/CC/C=C/CCCCCCCCCCC. The molecule has 0 aromatic carbocycles. The molecular formula is C55H97NO18. The summed E-state index contributed by atoms with van der Waals surface area (Å²) in [5.74, 6) is -0.305. The third-order valence-corrected chi connectivity index (χ3v) is 13.8. The van der Waals surface area contributed by atoms with Gasteiger partial charge in [-0.3, -0.25) is 4.79 Å². The minimum Gasteiger partial charge on any atom is -0.394 e. The number of nitrogens with one attached hydrogen (secondary N) is 1. The molecule has 0 radical (unpaired) electrons. The van der Waals surface area contributed by atoms with Crippen LogP contribution in [0.5, 0.6) is 0 Å². The van der Waals surface area contributed by atoms with E-state index in [4.69, 9.17) is 28.4 Å². The van der Waals surface area contributed by atoms with Crippen molar-refractivity contribution >= 4 is 5.91 Å². The molecule has 0 saturated carbocycles. The molecule has 1 amide bonds. The minimum absolute atomic E-state index is 0.219. The highest BCUT2D eigenvalue weighted by molar-refractivity contribution is 5.76. The molecule has 19 nitrogen and oxygen atoms in total. The van der Waals surface area contributed by atoms with Crippen LogP contribution in [0.25, 0.3) is 0 Å². The lowest BCUT2D eigenvalue weighted by Crippen LogP contribution is -2.66. The van der Waals surface area contributed by atoms with Crippen LogP contribution in [-0.2, 0) is 33.2 Å². The lowest BCUT2D eigenvalue weighted by atomic mass is 9.96. The van der Waals surface area contributed by atoms with Gasteiger partial charge in [-0.2, -0.15) is 0 Å². The molecule has 19 heteroatoms. The third kappa shape index (κ3) is 23.8. The summed E-state index contributed by atoms with van der Waals surface area (Å²) in [7, 11) is 0. The van der Waals surface area contributed by atoms with Crippen LogP contribution in [0.1, 0.15) is 162 Å². The van der Waals surface area contributed by atoms with Crippen LogP contribution >= 0.6 is 0 Å². The molecule has 0 aromatic rings. The van der Waals surface area contributed by atoms with Crippen molar-refractivity contribution in [3.63, 3.8) is 0 Å². The minimum atomic E-state index is -1.98. The van der Waals surface area contributed by atoms with E-state index in [2.05, 4.69) is 55.6 Å². The molecule has 3 aliphatic heterocycles. The zero-order valence-corrected chi connectivity index (χ0v) is 44.3. The number of amides is 1. The van der Waals surface area contributed by atoms with Gasteiger partial charge >= 0.3 is 0 Å². The monoisotopic (exact) mass is 1060 g/mol. The summed E-state index contributed by atoms with van der Waals surface area (Å²) < 4.78 is 34.1. The number of rotatable bonds is 39. The van der Waals surface area contributed by atoms with Gasteiger partial charge in [-0.1, -0.05) is 140 Å². The van der Waals surface area contributed by atoms with Crippen molar-refractivity contribution in [2.75, 3.05) is 26.4 Å². The molecule has 3 fully saturated rings. The summed E-state index contributed by atoms with van der Waals surface area (Å²) >= 11 is 0. The normalized spacial score (nSPS) is 31.8. The van der Waals surface area contributed by atoms with Crippen molar-refractivity contribution in [2.45, 2.75) is 266 Å². The van der Waals surface area contributed by atoms with Crippen molar-refractivity contribution in [3.8, 4) is 0 Å². The predicted molar refractivity (Wildman–Crippen MR) is 277 cm³/mol. The molecule has 0 aromatic heterocycles. The molecule has 3 saturated heterocycles. The lowest BCUT2D eigenvalue weighted by Gasteiger charge is -2.48. The number of aliphatic hydroxyl groups is 11. The molecule has 0 bridgehead atoms. The Bertz CT molecular complexity index is 1550. The highest BCUT2D eigenvalue weighted by atomic mass is 16.8. The molecule has 3 heterocycles. The number of hydrogen-bond donors (Lipinski definition) is 12. The average molecular weight is 1060 g/mol. The van der Waals surface area contributed by atoms with Crippen LogP contribution in [0.3, 0.4) is 0 Å². The number of allylic oxidation sites excluding steroid dienone is 7. The predicted octanol–water partition coefficient (Wildman–Crippen LogP) is 3.53. The maximum Gasteiger partial charge on any atom is 0.220 e. The highest BCUT2D eigenvalue weighted by Gasteiger charge is 2.53. The van der Waals surface area contributed by atoms with E-state index >= 15 is 0 Å². The number of hydrogen-bond acceptors (Lipinski definition) is 18. The maximum atomic E-state index is 13.2. The van der Waals surface area contributed by atoms with Gasteiger partial charge in [0.1, 0.15) is 73.2 Å². The summed E-state index contributed by atoms with van der Waals surface area (Å²) in [5, 5.41) is 120. The third-order valence-electron chi connectivity index (χ3n) is 13.8. The molecule has 3 aliphatic rings. The molecule has 0 spiro atoms. The summed E-state index contributed by atoms with van der Waals surface area (Å²) in [5.41, 5.74) is 0. The van der Waals surface area contributed by atoms with E-state index in [-0.39, 0.29) is 18.9 Å². The first-order chi connectivity index (χ1) is 35.8. The summed E-state index contributed by atoms with van der Waals surface area (Å²) in [6.07, 6.45) is 14.1. The van der Waals surface area contributed by atoms with Crippen molar-refractivity contribution in [1.82, 2.24) is 5.32 Å². The van der Waals surface area contributed by atoms with Crippen molar-refractivity contribution in [1.29, 1.82) is 0 Å². The largest absolute Gasteiger partial charge is 0.394 e. The second-order valence-corrected chi connectivity index (χ2v) is 20.0. The van der Waals surface area contributed by atoms with Crippen LogP contribution in [0.4, 0.5) is 0 Å². The van der Waals surface area contributed by atoms with Gasteiger partial charge < -0.3 is 89.9 Å². The zero-order valence-electron chi connectivity index (χ0n) is 44.3. The van der Waals surface area contributed by atoms with Crippen molar-refractivity contribution in [2.24, 2.45) is 0 Å². The first kappa shape index (κ1) is 66.0. The van der Waals surface area contributed by atoms with E-state index in [9.17, 15) is 61.0 Å². The second kappa shape index (κ2) is 39.2. The lowest BCUT2D eigenvalue weighted by molar-refractivity contribution is -0.379. The van der Waals surface area contributed by atoms with Gasteiger partial charge in [-0.05, 0) is 64.2 Å². The Balaban J connectivity index is 1.54. The van der Waals surface area contributed by atoms with Crippen molar-refractivity contribution < 1.29 is 89.4 Å². The summed E-state index contributed by atoms with van der Waals surface area (Å²) in [6.45, 7) is 1.58. The van der Waals surface area contributed by atoms with E-state index in [1.165, 1.54) is 57.8 Å². The number of aliphatic hydroxyl groups excluding tert-OH is 11. The summed E-state index contributed by atoms with van der Waals surface area (Å²) in [6, 6.07) is -0.998. The van der Waals surface area contributed by atoms with Gasteiger partial charge in [0.15, 0.2) is 18.9 Å². The van der Waals surface area contributed by atoms with Crippen LogP contribution < -0.4 is 5.32 Å². The Morgan fingerprint density at radius 1 is 0.473 bits per heavy atom. The van der Waals surface area contributed by atoms with E-state index in [1.54, 1.807) is 6.08 Å². The van der Waals surface area contributed by atoms with Crippen LogP contribution in [0.2, 0.25) is 0 Å². The van der Waals surface area contributed by atoms with Crippen LogP contribution in [-0.4, -0.2) is 193 Å². The van der Waals surface area contributed by atoms with E-state index in [0.29, 0.717) is 12.8 Å². The van der Waals surface area contributed by atoms with E-state index < -0.39 is 124 Å². The molecule has 17 atom stereocenters. The zero-order chi connectivity index (χ0) is 54.1. The highest BCUT2D eigenvalue weighted by Crippen LogP contribution is 2.33. The molecule has 74 heavy (non-hydrogen) atoms. The standard InChI is InChI=1S/C55H97NO18/c1-3-5-7-9-11-13-15-16-17-18-19-20-21-22-23-24-26-28-30-32-39(60)38(56-43(61)33-31-29-27-25-14-12-10-8-6-4-2)37-69-53-49(67)46(64)51(41(35-58)71-53)74-55-50(68)47(65)52(42(36-59)72-55)73-54-48(66)45(63)44(62)40(34-57)70-54/h8,10,19-20,23-24,30,32,38-42,44-55,57-60,62-68H,3-7,9,11-18,21-22,25-29,31,33-37H2,1-2H3,(H,56,61)/b10-8-,20-19+,24-23+,32-30+. The van der Waals surface area contributed by atoms with E-state index in [0.717, 1.165) is 70.6 Å². The molecule has 430 valence electrons. The van der Waals surface area contributed by atoms with Gasteiger partial charge in [0.2, 0.25) is 5.91 Å². The van der Waals surface area contributed by atoms with Crippen LogP contribution in [0, 0.1) is 0 Å². The number of carbonyl (C=O) groups excluding carboxylic acids is 1. The maximum absolute atomic E-state index is 13.2. The Kier molecular flexibility index (Phi) is 34.9. The van der Waals surface area contributed by atoms with Gasteiger partial charge in [0, 0.05) is 6.42 Å². The van der Waals surface area contributed by atoms with Gasteiger partial charge in [-0.25, -0.2) is 0 Å². The first-order valence-electron chi connectivity index (χ1n) is 27.9. The number of ether oxygens (including phenoxy) is 6. The van der Waals surface area contributed by atoms with E-state index in [1.807, 2.05) is 6.08 Å².